The molecule has 2 aromatic rings. The van der Waals surface area contributed by atoms with Crippen molar-refractivity contribution < 1.29 is 4.79 Å². The number of hydrogen-bond donors (Lipinski definition) is 1. The number of aryl methyl sites for hydroxylation is 3. The second-order valence-electron chi connectivity index (χ2n) is 5.93. The smallest absolute Gasteiger partial charge is 0.230 e. The average Bonchev–Trinajstić information content (AvgIpc) is 2.71. The Bertz CT molecular complexity index is 694. The van der Waals surface area contributed by atoms with Crippen LogP contribution in [0.15, 0.2) is 5.03 Å². The maximum atomic E-state index is 12.1. The zero-order valence-electron chi connectivity index (χ0n) is 14.0. The van der Waals surface area contributed by atoms with Gasteiger partial charge in [0.05, 0.1) is 5.75 Å². The summed E-state index contributed by atoms with van der Waals surface area (Å²) in [6, 6.07) is 0.186. The van der Waals surface area contributed by atoms with Crippen LogP contribution in [-0.4, -0.2) is 27.7 Å². The Balaban J connectivity index is 2.16. The van der Waals surface area contributed by atoms with Gasteiger partial charge in [0.25, 0.3) is 0 Å². The average molecular weight is 338 g/mol. The number of carbonyl (C=O) groups is 1. The van der Waals surface area contributed by atoms with Crippen LogP contribution in [0.25, 0.3) is 10.2 Å². The van der Waals surface area contributed by atoms with Crippen LogP contribution in [-0.2, 0) is 4.79 Å². The largest absolute Gasteiger partial charge is 0.353 e. The maximum Gasteiger partial charge on any atom is 0.230 e. The molecule has 1 atom stereocenters. The molecule has 2 heterocycles. The summed E-state index contributed by atoms with van der Waals surface area (Å²) < 4.78 is 0. The number of carbonyl (C=O) groups excluding carboxylic acids is 1. The molecule has 22 heavy (non-hydrogen) atoms. The summed E-state index contributed by atoms with van der Waals surface area (Å²) in [5.41, 5.74) is 1.22. The molecule has 0 spiro atoms. The third-order valence-corrected chi connectivity index (χ3v) is 5.91. The van der Waals surface area contributed by atoms with Gasteiger partial charge in [0.1, 0.15) is 15.7 Å². The molecule has 6 heteroatoms. The lowest BCUT2D eigenvalue weighted by atomic mass is 10.1. The summed E-state index contributed by atoms with van der Waals surface area (Å²) in [5, 5.41) is 5.04. The molecule has 0 unspecified atom stereocenters. The van der Waals surface area contributed by atoms with Crippen LogP contribution in [0, 0.1) is 26.7 Å². The summed E-state index contributed by atoms with van der Waals surface area (Å²) in [5.74, 6) is 1.63. The van der Waals surface area contributed by atoms with Crippen LogP contribution < -0.4 is 5.32 Å². The molecule has 4 nitrogen and oxygen atoms in total. The highest BCUT2D eigenvalue weighted by molar-refractivity contribution is 8.00. The number of nitrogens with zero attached hydrogens (tertiary/aromatic N) is 2. The van der Waals surface area contributed by atoms with Crippen molar-refractivity contribution in [3.63, 3.8) is 0 Å². The molecule has 0 bridgehead atoms. The van der Waals surface area contributed by atoms with E-state index in [2.05, 4.69) is 43.0 Å². The molecule has 120 valence electrons. The number of aromatic nitrogens is 2. The van der Waals surface area contributed by atoms with Crippen LogP contribution in [0.4, 0.5) is 0 Å². The van der Waals surface area contributed by atoms with E-state index >= 15 is 0 Å². The molecular formula is C16H23N3OS2. The zero-order valence-corrected chi connectivity index (χ0v) is 15.6. The highest BCUT2D eigenvalue weighted by Gasteiger charge is 2.16. The highest BCUT2D eigenvalue weighted by atomic mass is 32.2. The van der Waals surface area contributed by atoms with Gasteiger partial charge >= 0.3 is 0 Å². The molecule has 0 saturated carbocycles. The van der Waals surface area contributed by atoms with E-state index in [-0.39, 0.29) is 11.9 Å². The monoisotopic (exact) mass is 337 g/mol. The van der Waals surface area contributed by atoms with E-state index in [4.69, 9.17) is 0 Å². The van der Waals surface area contributed by atoms with Gasteiger partial charge in [-0.2, -0.15) is 0 Å². The molecule has 2 aromatic heterocycles. The number of amides is 1. The fourth-order valence-corrected chi connectivity index (χ4v) is 4.10. The van der Waals surface area contributed by atoms with E-state index in [1.165, 1.54) is 22.2 Å². The van der Waals surface area contributed by atoms with Crippen molar-refractivity contribution in [1.82, 2.24) is 15.3 Å². The number of thioether (sulfide) groups is 1. The van der Waals surface area contributed by atoms with Crippen molar-refractivity contribution in [2.24, 2.45) is 5.92 Å². The minimum Gasteiger partial charge on any atom is -0.353 e. The van der Waals surface area contributed by atoms with Gasteiger partial charge in [-0.3, -0.25) is 4.79 Å². The van der Waals surface area contributed by atoms with Crippen molar-refractivity contribution >= 4 is 39.2 Å². The first-order valence-corrected chi connectivity index (χ1v) is 9.26. The zero-order chi connectivity index (χ0) is 16.4. The molecule has 0 fully saturated rings. The van der Waals surface area contributed by atoms with Gasteiger partial charge in [0.2, 0.25) is 5.91 Å². The topological polar surface area (TPSA) is 54.9 Å². The van der Waals surface area contributed by atoms with Gasteiger partial charge in [-0.1, -0.05) is 25.6 Å². The predicted octanol–water partition coefficient (Wildman–Crippen LogP) is 3.87. The molecule has 0 aromatic carbocycles. The van der Waals surface area contributed by atoms with Gasteiger partial charge < -0.3 is 5.32 Å². The summed E-state index contributed by atoms with van der Waals surface area (Å²) in [7, 11) is 0. The molecular weight excluding hydrogens is 314 g/mol. The second-order valence-corrected chi connectivity index (χ2v) is 8.10. The molecule has 0 aliphatic carbocycles. The number of nitrogens with one attached hydrogen (secondary N) is 1. The van der Waals surface area contributed by atoms with Crippen molar-refractivity contribution in [2.75, 3.05) is 5.75 Å². The summed E-state index contributed by atoms with van der Waals surface area (Å²) in [6.45, 7) is 12.3. The standard InChI is InChI=1S/C16H23N3OS2/c1-8(2)10(4)17-13(20)7-21-15-14-9(3)11(5)22-16(14)19-12(6)18-15/h8,10H,7H2,1-6H3,(H,17,20)/t10-/m0/s1. The van der Waals surface area contributed by atoms with Crippen LogP contribution in [0.3, 0.4) is 0 Å². The van der Waals surface area contributed by atoms with E-state index in [0.717, 1.165) is 21.1 Å². The van der Waals surface area contributed by atoms with Gasteiger partial charge in [0.15, 0.2) is 0 Å². The molecule has 0 saturated heterocycles. The third-order valence-electron chi connectivity index (χ3n) is 3.84. The highest BCUT2D eigenvalue weighted by Crippen LogP contribution is 2.34. The quantitative estimate of drug-likeness (QED) is 0.665. The van der Waals surface area contributed by atoms with Crippen molar-refractivity contribution in [1.29, 1.82) is 0 Å². The van der Waals surface area contributed by atoms with Crippen LogP contribution >= 0.6 is 23.1 Å². The molecule has 0 aliphatic rings. The van der Waals surface area contributed by atoms with Crippen LogP contribution in [0.2, 0.25) is 0 Å². The minimum atomic E-state index is 0.0558. The molecule has 2 rings (SSSR count). The number of thiophene rings is 1. The van der Waals surface area contributed by atoms with E-state index in [1.54, 1.807) is 11.3 Å². The van der Waals surface area contributed by atoms with E-state index in [9.17, 15) is 4.79 Å². The van der Waals surface area contributed by atoms with Crippen molar-refractivity contribution in [2.45, 2.75) is 52.6 Å². The second kappa shape index (κ2) is 6.96. The van der Waals surface area contributed by atoms with Crippen molar-refractivity contribution in [3.05, 3.63) is 16.3 Å². The van der Waals surface area contributed by atoms with Gasteiger partial charge in [-0.05, 0) is 39.2 Å². The summed E-state index contributed by atoms with van der Waals surface area (Å²) in [4.78, 5) is 23.4. The summed E-state index contributed by atoms with van der Waals surface area (Å²) in [6.07, 6.45) is 0. The Morgan fingerprint density at radius 3 is 2.55 bits per heavy atom. The number of hydrogen-bond acceptors (Lipinski definition) is 5. The molecule has 0 radical (unpaired) electrons. The molecule has 0 aliphatic heterocycles. The predicted molar refractivity (Wildman–Crippen MR) is 94.8 cm³/mol. The normalized spacial score (nSPS) is 12.9. The molecule has 1 N–H and O–H groups in total. The van der Waals surface area contributed by atoms with E-state index in [1.807, 2.05) is 13.8 Å². The Morgan fingerprint density at radius 2 is 1.91 bits per heavy atom. The van der Waals surface area contributed by atoms with Crippen molar-refractivity contribution in [3.8, 4) is 0 Å². The van der Waals surface area contributed by atoms with Gasteiger partial charge in [0, 0.05) is 16.3 Å². The first-order chi connectivity index (χ1) is 10.3. The Labute approximate surface area is 140 Å². The first kappa shape index (κ1) is 17.2. The maximum absolute atomic E-state index is 12.1. The van der Waals surface area contributed by atoms with Gasteiger partial charge in [-0.15, -0.1) is 11.3 Å². The van der Waals surface area contributed by atoms with Crippen LogP contribution in [0.5, 0.6) is 0 Å². The fourth-order valence-electron chi connectivity index (χ4n) is 2.02. The SMILES string of the molecule is Cc1nc(SCC(=O)N[C@@H](C)C(C)C)c2c(C)c(C)sc2n1. The lowest BCUT2D eigenvalue weighted by Crippen LogP contribution is -2.37. The van der Waals surface area contributed by atoms with E-state index < -0.39 is 0 Å². The number of rotatable bonds is 5. The first-order valence-electron chi connectivity index (χ1n) is 7.46. The fraction of sp³-hybridized carbons (Fsp3) is 0.562. The minimum absolute atomic E-state index is 0.0558. The Morgan fingerprint density at radius 1 is 1.23 bits per heavy atom. The molecule has 1 amide bonds. The third kappa shape index (κ3) is 3.79. The number of fused-ring (bicyclic) bond motifs is 1. The Hall–Kier alpha value is -1.14. The van der Waals surface area contributed by atoms with E-state index in [0.29, 0.717) is 11.7 Å². The van der Waals surface area contributed by atoms with Gasteiger partial charge in [-0.25, -0.2) is 9.97 Å². The van der Waals surface area contributed by atoms with Crippen LogP contribution in [0.1, 0.15) is 37.0 Å². The summed E-state index contributed by atoms with van der Waals surface area (Å²) >= 11 is 3.19. The lowest BCUT2D eigenvalue weighted by molar-refractivity contribution is -0.119. The Kier molecular flexibility index (Phi) is 5.45. The lowest BCUT2D eigenvalue weighted by Gasteiger charge is -2.17.